The number of nitrogens with one attached hydrogen (secondary N) is 1. The second kappa shape index (κ2) is 10.1. The normalized spacial score (nSPS) is 11.3. The summed E-state index contributed by atoms with van der Waals surface area (Å²) < 4.78 is 10.6. The fourth-order valence-corrected chi connectivity index (χ4v) is 2.58. The highest BCUT2D eigenvalue weighted by Crippen LogP contribution is 2.36. The van der Waals surface area contributed by atoms with Crippen molar-refractivity contribution in [3.8, 4) is 11.5 Å². The zero-order valence-electron chi connectivity index (χ0n) is 14.1. The largest absolute Gasteiger partial charge is 0.493 e. The van der Waals surface area contributed by atoms with Crippen molar-refractivity contribution in [3.63, 3.8) is 0 Å². The van der Waals surface area contributed by atoms with Crippen molar-refractivity contribution in [2.24, 2.45) is 5.73 Å². The van der Waals surface area contributed by atoms with Gasteiger partial charge >= 0.3 is 0 Å². The van der Waals surface area contributed by atoms with Crippen LogP contribution in [0, 0.1) is 0 Å². The zero-order valence-corrected chi connectivity index (χ0v) is 15.7. The number of hydrogen-bond acceptors (Lipinski definition) is 4. The zero-order chi connectivity index (χ0) is 17.5. The van der Waals surface area contributed by atoms with Crippen molar-refractivity contribution in [3.05, 3.63) is 58.6 Å². The highest BCUT2D eigenvalue weighted by atomic mass is 35.5. The smallest absolute Gasteiger partial charge is 0.255 e. The molecule has 0 saturated heterocycles. The van der Waals surface area contributed by atoms with Gasteiger partial charge in [0.1, 0.15) is 0 Å². The van der Waals surface area contributed by atoms with Crippen LogP contribution < -0.4 is 20.5 Å². The fraction of sp³-hybridized carbons (Fsp3) is 0.278. The lowest BCUT2D eigenvalue weighted by Crippen LogP contribution is -2.20. The highest BCUT2D eigenvalue weighted by Gasteiger charge is 2.14. The minimum atomic E-state index is -0.574. The van der Waals surface area contributed by atoms with E-state index >= 15 is 0 Å². The summed E-state index contributed by atoms with van der Waals surface area (Å²) in [4.78, 5) is 10.9. The van der Waals surface area contributed by atoms with E-state index < -0.39 is 5.91 Å². The lowest BCUT2D eigenvalue weighted by molar-refractivity contribution is -0.119. The Morgan fingerprint density at radius 3 is 2.56 bits per heavy atom. The maximum Gasteiger partial charge on any atom is 0.255 e. The minimum absolute atomic E-state index is 0. The number of nitrogens with two attached hydrogens (primary N) is 1. The van der Waals surface area contributed by atoms with Gasteiger partial charge in [0.05, 0.1) is 12.1 Å². The first-order valence-electron chi connectivity index (χ1n) is 7.57. The number of halogens is 2. The van der Waals surface area contributed by atoms with Gasteiger partial charge in [-0.2, -0.15) is 0 Å². The van der Waals surface area contributed by atoms with Crippen molar-refractivity contribution in [1.82, 2.24) is 5.32 Å². The number of carbonyl (C=O) groups is 1. The molecule has 0 spiro atoms. The van der Waals surface area contributed by atoms with Crippen molar-refractivity contribution >= 4 is 29.9 Å². The third-order valence-corrected chi connectivity index (χ3v) is 3.84. The second-order valence-corrected chi connectivity index (χ2v) is 5.78. The van der Waals surface area contributed by atoms with Crippen LogP contribution in [-0.4, -0.2) is 19.6 Å². The van der Waals surface area contributed by atoms with Crippen molar-refractivity contribution in [2.75, 3.05) is 13.7 Å². The van der Waals surface area contributed by atoms with E-state index in [9.17, 15) is 4.79 Å². The quantitative estimate of drug-likeness (QED) is 0.730. The molecule has 136 valence electrons. The minimum Gasteiger partial charge on any atom is -0.493 e. The summed E-state index contributed by atoms with van der Waals surface area (Å²) in [7, 11) is 1.52. The Morgan fingerprint density at radius 1 is 1.28 bits per heavy atom. The SMILES string of the molecule is COc1cc(CNC(C)c2ccccc2)cc(Cl)c1OCC(N)=O.Cl. The van der Waals surface area contributed by atoms with Gasteiger partial charge in [-0.25, -0.2) is 0 Å². The Kier molecular flexibility index (Phi) is 8.55. The Hall–Kier alpha value is -1.95. The van der Waals surface area contributed by atoms with Crippen LogP contribution in [0.15, 0.2) is 42.5 Å². The highest BCUT2D eigenvalue weighted by molar-refractivity contribution is 6.32. The molecule has 0 fully saturated rings. The van der Waals surface area contributed by atoms with Crippen LogP contribution >= 0.6 is 24.0 Å². The van der Waals surface area contributed by atoms with Gasteiger partial charge in [-0.3, -0.25) is 4.79 Å². The molecule has 7 heteroatoms. The number of carbonyl (C=O) groups excluding carboxylic acids is 1. The predicted molar refractivity (Wildman–Crippen MR) is 102 cm³/mol. The van der Waals surface area contributed by atoms with Crippen LogP contribution in [0.25, 0.3) is 0 Å². The molecule has 3 N–H and O–H groups in total. The maximum atomic E-state index is 10.9. The van der Waals surface area contributed by atoms with Gasteiger partial charge in [-0.1, -0.05) is 41.9 Å². The molecule has 1 atom stereocenters. The summed E-state index contributed by atoms with van der Waals surface area (Å²) in [6.07, 6.45) is 0. The third-order valence-electron chi connectivity index (χ3n) is 3.56. The number of rotatable bonds is 8. The lowest BCUT2D eigenvalue weighted by Gasteiger charge is -2.16. The first-order chi connectivity index (χ1) is 11.5. The van der Waals surface area contributed by atoms with Crippen LogP contribution in [-0.2, 0) is 11.3 Å². The van der Waals surface area contributed by atoms with E-state index in [4.69, 9.17) is 26.8 Å². The predicted octanol–water partition coefficient (Wildman–Crippen LogP) is 3.49. The van der Waals surface area contributed by atoms with Gasteiger partial charge < -0.3 is 20.5 Å². The molecule has 2 rings (SSSR count). The summed E-state index contributed by atoms with van der Waals surface area (Å²) >= 11 is 6.24. The van der Waals surface area contributed by atoms with E-state index in [2.05, 4.69) is 24.4 Å². The van der Waals surface area contributed by atoms with Gasteiger partial charge in [-0.15, -0.1) is 12.4 Å². The third kappa shape index (κ3) is 6.12. The van der Waals surface area contributed by atoms with E-state index in [1.165, 1.54) is 12.7 Å². The molecular weight excluding hydrogens is 363 g/mol. The van der Waals surface area contributed by atoms with Crippen LogP contribution in [0.2, 0.25) is 5.02 Å². The molecule has 5 nitrogen and oxygen atoms in total. The van der Waals surface area contributed by atoms with E-state index in [1.54, 1.807) is 6.07 Å². The number of methoxy groups -OCH3 is 1. The van der Waals surface area contributed by atoms with E-state index in [0.29, 0.717) is 23.1 Å². The summed E-state index contributed by atoms with van der Waals surface area (Å²) in [6, 6.07) is 14.0. The van der Waals surface area contributed by atoms with Gasteiger partial charge in [0.25, 0.3) is 5.91 Å². The Bertz CT molecular complexity index is 696. The van der Waals surface area contributed by atoms with E-state index in [1.807, 2.05) is 24.3 Å². The lowest BCUT2D eigenvalue weighted by atomic mass is 10.1. The molecule has 0 radical (unpaired) electrons. The standard InChI is InChI=1S/C18H21ClN2O3.ClH/c1-12(14-6-4-3-5-7-14)21-10-13-8-15(19)18(16(9-13)23-2)24-11-17(20)22;/h3-9,12,21H,10-11H2,1-2H3,(H2,20,22);1H. The Balaban J connectivity index is 0.00000312. The van der Waals surface area contributed by atoms with Crippen LogP contribution in [0.5, 0.6) is 11.5 Å². The van der Waals surface area contributed by atoms with Crippen LogP contribution in [0.1, 0.15) is 24.1 Å². The molecule has 2 aromatic rings. The van der Waals surface area contributed by atoms with E-state index in [0.717, 1.165) is 5.56 Å². The first kappa shape index (κ1) is 21.1. The number of amides is 1. The second-order valence-electron chi connectivity index (χ2n) is 5.38. The molecule has 0 saturated carbocycles. The number of hydrogen-bond donors (Lipinski definition) is 2. The van der Waals surface area contributed by atoms with Gasteiger partial charge in [0, 0.05) is 12.6 Å². The van der Waals surface area contributed by atoms with Crippen molar-refractivity contribution in [1.29, 1.82) is 0 Å². The Labute approximate surface area is 158 Å². The molecule has 0 aromatic heterocycles. The molecule has 1 unspecified atom stereocenters. The molecule has 1 amide bonds. The monoisotopic (exact) mass is 384 g/mol. The molecule has 0 aliphatic carbocycles. The van der Waals surface area contributed by atoms with Crippen LogP contribution in [0.3, 0.4) is 0 Å². The van der Waals surface area contributed by atoms with Crippen molar-refractivity contribution in [2.45, 2.75) is 19.5 Å². The van der Waals surface area contributed by atoms with Gasteiger partial charge in [0.15, 0.2) is 18.1 Å². The molecule has 0 aliphatic heterocycles. The number of benzene rings is 2. The topological polar surface area (TPSA) is 73.6 Å². The Morgan fingerprint density at radius 2 is 1.96 bits per heavy atom. The van der Waals surface area contributed by atoms with Gasteiger partial charge in [0.2, 0.25) is 0 Å². The molecule has 2 aromatic carbocycles. The first-order valence-corrected chi connectivity index (χ1v) is 7.95. The summed E-state index contributed by atoms with van der Waals surface area (Å²) in [5.41, 5.74) is 7.25. The summed E-state index contributed by atoms with van der Waals surface area (Å²) in [6.45, 7) is 2.46. The van der Waals surface area contributed by atoms with E-state index in [-0.39, 0.29) is 25.1 Å². The number of primary amides is 1. The van der Waals surface area contributed by atoms with Crippen molar-refractivity contribution < 1.29 is 14.3 Å². The summed E-state index contributed by atoms with van der Waals surface area (Å²) in [5, 5.41) is 3.81. The molecule has 25 heavy (non-hydrogen) atoms. The average molecular weight is 385 g/mol. The van der Waals surface area contributed by atoms with Crippen LogP contribution in [0.4, 0.5) is 0 Å². The molecule has 0 aliphatic rings. The molecule has 0 bridgehead atoms. The number of ether oxygens (including phenoxy) is 2. The average Bonchev–Trinajstić information content (AvgIpc) is 2.58. The fourth-order valence-electron chi connectivity index (χ4n) is 2.29. The summed E-state index contributed by atoms with van der Waals surface area (Å²) in [5.74, 6) is 0.210. The molecular formula is C18H22Cl2N2O3. The van der Waals surface area contributed by atoms with Gasteiger partial charge in [-0.05, 0) is 30.2 Å². The molecule has 0 heterocycles. The maximum absolute atomic E-state index is 10.9.